The van der Waals surface area contributed by atoms with E-state index in [1.54, 1.807) is 12.1 Å². The lowest BCUT2D eigenvalue weighted by Crippen LogP contribution is -2.14. The van der Waals surface area contributed by atoms with Crippen LogP contribution in [0, 0.1) is 0 Å². The molecule has 1 amide bonds. The highest BCUT2D eigenvalue weighted by Gasteiger charge is 2.04. The standard InChI is InChI=1S/C10H9Cl2NO3/c11-5-6-16-10(15)13-8-3-1-7(2-4-8)9(12)14/h1-4H,5-6H2,(H,13,15). The van der Waals surface area contributed by atoms with Gasteiger partial charge in [-0.2, -0.15) is 0 Å². The summed E-state index contributed by atoms with van der Waals surface area (Å²) in [6.07, 6.45) is -0.592. The fourth-order valence-corrected chi connectivity index (χ4v) is 1.17. The van der Waals surface area contributed by atoms with Crippen molar-refractivity contribution in [2.45, 2.75) is 0 Å². The van der Waals surface area contributed by atoms with Crippen molar-refractivity contribution in [1.29, 1.82) is 0 Å². The maximum absolute atomic E-state index is 11.1. The van der Waals surface area contributed by atoms with Gasteiger partial charge in [0.05, 0.1) is 5.88 Å². The molecule has 0 aliphatic heterocycles. The monoisotopic (exact) mass is 261 g/mol. The Morgan fingerprint density at radius 3 is 2.38 bits per heavy atom. The van der Waals surface area contributed by atoms with Crippen LogP contribution in [-0.4, -0.2) is 23.8 Å². The number of rotatable bonds is 4. The Balaban J connectivity index is 2.55. The molecule has 0 heterocycles. The molecule has 0 saturated heterocycles. The fraction of sp³-hybridized carbons (Fsp3) is 0.200. The number of ether oxygens (including phenoxy) is 1. The van der Waals surface area contributed by atoms with Crippen molar-refractivity contribution in [3.05, 3.63) is 29.8 Å². The fourth-order valence-electron chi connectivity index (χ4n) is 0.970. The highest BCUT2D eigenvalue weighted by Crippen LogP contribution is 2.11. The van der Waals surface area contributed by atoms with E-state index in [1.165, 1.54) is 12.1 Å². The summed E-state index contributed by atoms with van der Waals surface area (Å²) in [5, 5.41) is 1.92. The van der Waals surface area contributed by atoms with Crippen LogP contribution in [0.25, 0.3) is 0 Å². The number of hydrogen-bond donors (Lipinski definition) is 1. The molecule has 0 radical (unpaired) electrons. The first kappa shape index (κ1) is 12.8. The SMILES string of the molecule is O=C(Nc1ccc(C(=O)Cl)cc1)OCCCl. The molecule has 86 valence electrons. The zero-order chi connectivity index (χ0) is 12.0. The molecule has 0 atom stereocenters. The Labute approximate surface area is 102 Å². The van der Waals surface area contributed by atoms with Gasteiger partial charge in [-0.25, -0.2) is 4.79 Å². The van der Waals surface area contributed by atoms with Gasteiger partial charge in [0.2, 0.25) is 0 Å². The average molecular weight is 262 g/mol. The highest BCUT2D eigenvalue weighted by molar-refractivity contribution is 6.67. The molecule has 0 aliphatic carbocycles. The van der Waals surface area contributed by atoms with Gasteiger partial charge in [0.1, 0.15) is 6.61 Å². The van der Waals surface area contributed by atoms with Crippen LogP contribution in [0.5, 0.6) is 0 Å². The Morgan fingerprint density at radius 1 is 1.25 bits per heavy atom. The number of alkyl halides is 1. The molecule has 0 saturated carbocycles. The lowest BCUT2D eigenvalue weighted by Gasteiger charge is -2.05. The van der Waals surface area contributed by atoms with Crippen LogP contribution in [0.4, 0.5) is 10.5 Å². The van der Waals surface area contributed by atoms with Crippen molar-refractivity contribution in [2.75, 3.05) is 17.8 Å². The molecule has 0 spiro atoms. The summed E-state index contributed by atoms with van der Waals surface area (Å²) >= 11 is 10.6. The summed E-state index contributed by atoms with van der Waals surface area (Å²) in [7, 11) is 0. The number of carbonyl (C=O) groups excluding carboxylic acids is 2. The molecule has 1 rings (SSSR count). The molecule has 1 aromatic carbocycles. The summed E-state index contributed by atoms with van der Waals surface area (Å²) < 4.78 is 4.70. The Morgan fingerprint density at radius 2 is 1.88 bits per heavy atom. The first-order valence-corrected chi connectivity index (χ1v) is 5.34. The molecule has 0 unspecified atom stereocenters. The minimum atomic E-state index is -0.592. The maximum atomic E-state index is 11.1. The van der Waals surface area contributed by atoms with Gasteiger partial charge in [0.15, 0.2) is 0 Å². The van der Waals surface area contributed by atoms with Gasteiger partial charge in [-0.3, -0.25) is 10.1 Å². The molecule has 0 aromatic heterocycles. The first-order chi connectivity index (χ1) is 7.63. The van der Waals surface area contributed by atoms with Crippen molar-refractivity contribution in [3.8, 4) is 0 Å². The second-order valence-electron chi connectivity index (χ2n) is 2.80. The normalized spacial score (nSPS) is 9.62. The summed E-state index contributed by atoms with van der Waals surface area (Å²) in [5.41, 5.74) is 0.877. The predicted octanol–water partition coefficient (Wildman–Crippen LogP) is 2.85. The van der Waals surface area contributed by atoms with Crippen molar-refractivity contribution in [2.24, 2.45) is 0 Å². The lowest BCUT2D eigenvalue weighted by molar-refractivity contribution is 0.108. The minimum absolute atomic E-state index is 0.144. The largest absolute Gasteiger partial charge is 0.448 e. The third kappa shape index (κ3) is 4.08. The van der Waals surface area contributed by atoms with Crippen LogP contribution in [0.3, 0.4) is 0 Å². The number of carbonyl (C=O) groups is 2. The van der Waals surface area contributed by atoms with E-state index in [4.69, 9.17) is 27.9 Å². The van der Waals surface area contributed by atoms with Gasteiger partial charge in [-0.1, -0.05) is 0 Å². The minimum Gasteiger partial charge on any atom is -0.448 e. The molecule has 1 N–H and O–H groups in total. The molecule has 0 bridgehead atoms. The van der Waals surface area contributed by atoms with Crippen LogP contribution in [0.15, 0.2) is 24.3 Å². The molecule has 4 nitrogen and oxygen atoms in total. The van der Waals surface area contributed by atoms with Crippen LogP contribution >= 0.6 is 23.2 Å². The van der Waals surface area contributed by atoms with Crippen LogP contribution < -0.4 is 5.32 Å². The van der Waals surface area contributed by atoms with Gasteiger partial charge in [-0.05, 0) is 35.9 Å². The van der Waals surface area contributed by atoms with Crippen LogP contribution in [0.2, 0.25) is 0 Å². The van der Waals surface area contributed by atoms with Gasteiger partial charge in [0, 0.05) is 11.3 Å². The van der Waals surface area contributed by atoms with E-state index in [-0.39, 0.29) is 12.5 Å². The Kier molecular flexibility index (Phi) is 5.08. The lowest BCUT2D eigenvalue weighted by atomic mass is 10.2. The smallest absolute Gasteiger partial charge is 0.411 e. The summed E-state index contributed by atoms with van der Waals surface area (Å²) in [6.45, 7) is 0.144. The van der Waals surface area contributed by atoms with Crippen LogP contribution in [0.1, 0.15) is 10.4 Å². The molecule has 16 heavy (non-hydrogen) atoms. The molecule has 0 fully saturated rings. The molecule has 0 aliphatic rings. The van der Waals surface area contributed by atoms with Crippen molar-refractivity contribution >= 4 is 40.2 Å². The quantitative estimate of drug-likeness (QED) is 0.670. The van der Waals surface area contributed by atoms with Crippen molar-refractivity contribution in [1.82, 2.24) is 0 Å². The van der Waals surface area contributed by atoms with Crippen molar-refractivity contribution < 1.29 is 14.3 Å². The summed E-state index contributed by atoms with van der Waals surface area (Å²) in [6, 6.07) is 6.12. The topological polar surface area (TPSA) is 55.4 Å². The Bertz CT molecular complexity index is 378. The molecular weight excluding hydrogens is 253 g/mol. The van der Waals surface area contributed by atoms with E-state index in [2.05, 4.69) is 5.32 Å². The molecule has 1 aromatic rings. The molecular formula is C10H9Cl2NO3. The number of anilines is 1. The third-order valence-corrected chi connectivity index (χ3v) is 2.04. The molecule has 6 heteroatoms. The van der Waals surface area contributed by atoms with Gasteiger partial charge in [0.25, 0.3) is 5.24 Å². The van der Waals surface area contributed by atoms with Gasteiger partial charge < -0.3 is 4.74 Å². The predicted molar refractivity (Wildman–Crippen MR) is 62.3 cm³/mol. The van der Waals surface area contributed by atoms with E-state index >= 15 is 0 Å². The summed E-state index contributed by atoms with van der Waals surface area (Å²) in [4.78, 5) is 21.9. The van der Waals surface area contributed by atoms with E-state index in [0.29, 0.717) is 11.3 Å². The zero-order valence-electron chi connectivity index (χ0n) is 8.20. The first-order valence-electron chi connectivity index (χ1n) is 4.43. The second kappa shape index (κ2) is 6.35. The Hall–Kier alpha value is -1.26. The van der Waals surface area contributed by atoms with Crippen molar-refractivity contribution in [3.63, 3.8) is 0 Å². The highest BCUT2D eigenvalue weighted by atomic mass is 35.5. The number of amides is 1. The maximum Gasteiger partial charge on any atom is 0.411 e. The van der Waals surface area contributed by atoms with E-state index in [0.717, 1.165) is 0 Å². The van der Waals surface area contributed by atoms with Gasteiger partial charge in [-0.15, -0.1) is 11.6 Å². The zero-order valence-corrected chi connectivity index (χ0v) is 9.72. The average Bonchev–Trinajstić information content (AvgIpc) is 2.27. The van der Waals surface area contributed by atoms with E-state index in [1.807, 2.05) is 0 Å². The second-order valence-corrected chi connectivity index (χ2v) is 3.52. The van der Waals surface area contributed by atoms with E-state index < -0.39 is 11.3 Å². The van der Waals surface area contributed by atoms with Crippen LogP contribution in [-0.2, 0) is 4.74 Å². The number of benzene rings is 1. The third-order valence-electron chi connectivity index (χ3n) is 1.67. The summed E-state index contributed by atoms with van der Waals surface area (Å²) in [5.74, 6) is 0.243. The van der Waals surface area contributed by atoms with E-state index in [9.17, 15) is 9.59 Å². The van der Waals surface area contributed by atoms with Gasteiger partial charge >= 0.3 is 6.09 Å². The number of halogens is 2. The number of nitrogens with one attached hydrogen (secondary N) is 1. The number of hydrogen-bond acceptors (Lipinski definition) is 3.